The van der Waals surface area contributed by atoms with Gasteiger partial charge in [-0.1, -0.05) is 0 Å². The van der Waals surface area contributed by atoms with Crippen LogP contribution >= 0.6 is 0 Å². The van der Waals surface area contributed by atoms with Gasteiger partial charge in [0.15, 0.2) is 0 Å². The third kappa shape index (κ3) is 2.50. The van der Waals surface area contributed by atoms with E-state index in [1.807, 2.05) is 24.4 Å². The first-order valence-electron chi connectivity index (χ1n) is 5.09. The first-order valence-corrected chi connectivity index (χ1v) is 5.09. The van der Waals surface area contributed by atoms with E-state index in [2.05, 4.69) is 11.1 Å². The Hall–Kier alpha value is -1.48. The lowest BCUT2D eigenvalue weighted by atomic mass is 10.2. The summed E-state index contributed by atoms with van der Waals surface area (Å²) in [7, 11) is 1.70. The molecule has 15 heavy (non-hydrogen) atoms. The van der Waals surface area contributed by atoms with Crippen LogP contribution in [0.2, 0.25) is 0 Å². The fourth-order valence-electron chi connectivity index (χ4n) is 1.51. The fraction of sp³-hybridized carbons (Fsp3) is 0.333. The van der Waals surface area contributed by atoms with E-state index >= 15 is 0 Å². The monoisotopic (exact) mass is 205 g/mol. The van der Waals surface area contributed by atoms with Gasteiger partial charge < -0.3 is 14.5 Å². The maximum absolute atomic E-state index is 5.59. The van der Waals surface area contributed by atoms with Crippen LogP contribution in [0, 0.1) is 0 Å². The van der Waals surface area contributed by atoms with Crippen LogP contribution in [0.4, 0.5) is 0 Å². The SMILES string of the molecule is COCCCOc1ccc2cc[nH]c2c1. The molecular weight excluding hydrogens is 190 g/mol. The Kier molecular flexibility index (Phi) is 3.25. The van der Waals surface area contributed by atoms with Crippen molar-refractivity contribution in [1.29, 1.82) is 0 Å². The minimum atomic E-state index is 0.694. The Balaban J connectivity index is 1.96. The van der Waals surface area contributed by atoms with Gasteiger partial charge in [0.2, 0.25) is 0 Å². The molecule has 0 aliphatic heterocycles. The molecule has 1 heterocycles. The van der Waals surface area contributed by atoms with Crippen molar-refractivity contribution in [2.45, 2.75) is 6.42 Å². The fourth-order valence-corrected chi connectivity index (χ4v) is 1.51. The van der Waals surface area contributed by atoms with Crippen LogP contribution < -0.4 is 4.74 Å². The Bertz CT molecular complexity index is 422. The first kappa shape index (κ1) is 10.1. The van der Waals surface area contributed by atoms with Crippen molar-refractivity contribution in [3.8, 4) is 5.75 Å². The average molecular weight is 205 g/mol. The molecule has 0 unspecified atom stereocenters. The normalized spacial score (nSPS) is 10.7. The number of aromatic amines is 1. The first-order chi connectivity index (χ1) is 7.40. The van der Waals surface area contributed by atoms with Crippen molar-refractivity contribution in [1.82, 2.24) is 4.98 Å². The van der Waals surface area contributed by atoms with Crippen LogP contribution in [0.3, 0.4) is 0 Å². The molecule has 1 N–H and O–H groups in total. The van der Waals surface area contributed by atoms with Crippen LogP contribution in [0.15, 0.2) is 30.5 Å². The lowest BCUT2D eigenvalue weighted by Gasteiger charge is -2.05. The van der Waals surface area contributed by atoms with Gasteiger partial charge >= 0.3 is 0 Å². The zero-order chi connectivity index (χ0) is 10.5. The number of rotatable bonds is 5. The van der Waals surface area contributed by atoms with E-state index in [-0.39, 0.29) is 0 Å². The highest BCUT2D eigenvalue weighted by Gasteiger charge is 1.97. The summed E-state index contributed by atoms with van der Waals surface area (Å²) in [5.41, 5.74) is 1.11. The number of aromatic nitrogens is 1. The van der Waals surface area contributed by atoms with Crippen molar-refractivity contribution in [3.05, 3.63) is 30.5 Å². The van der Waals surface area contributed by atoms with E-state index in [1.54, 1.807) is 7.11 Å². The van der Waals surface area contributed by atoms with E-state index in [0.717, 1.165) is 24.3 Å². The van der Waals surface area contributed by atoms with Crippen molar-refractivity contribution in [2.75, 3.05) is 20.3 Å². The second-order valence-corrected chi connectivity index (χ2v) is 3.42. The molecule has 0 saturated heterocycles. The Labute approximate surface area is 89.0 Å². The topological polar surface area (TPSA) is 34.2 Å². The Morgan fingerprint density at radius 3 is 3.00 bits per heavy atom. The lowest BCUT2D eigenvalue weighted by Crippen LogP contribution is -2.00. The van der Waals surface area contributed by atoms with Crippen LogP contribution in [0.25, 0.3) is 10.9 Å². The van der Waals surface area contributed by atoms with E-state index in [9.17, 15) is 0 Å². The summed E-state index contributed by atoms with van der Waals surface area (Å²) in [6.07, 6.45) is 2.85. The summed E-state index contributed by atoms with van der Waals surface area (Å²) in [6.45, 7) is 1.44. The molecule has 80 valence electrons. The van der Waals surface area contributed by atoms with Gasteiger partial charge in [0, 0.05) is 37.9 Å². The molecule has 2 rings (SSSR count). The van der Waals surface area contributed by atoms with Crippen molar-refractivity contribution >= 4 is 10.9 Å². The molecule has 0 aliphatic rings. The van der Waals surface area contributed by atoms with Gasteiger partial charge in [-0.25, -0.2) is 0 Å². The van der Waals surface area contributed by atoms with E-state index in [0.29, 0.717) is 6.61 Å². The Morgan fingerprint density at radius 1 is 1.20 bits per heavy atom. The number of hydrogen-bond donors (Lipinski definition) is 1. The minimum absolute atomic E-state index is 0.694. The molecule has 0 bridgehead atoms. The largest absolute Gasteiger partial charge is 0.493 e. The summed E-state index contributed by atoms with van der Waals surface area (Å²) in [4.78, 5) is 3.16. The molecule has 0 amide bonds. The highest BCUT2D eigenvalue weighted by molar-refractivity contribution is 5.80. The van der Waals surface area contributed by atoms with Gasteiger partial charge in [0.05, 0.1) is 6.61 Å². The Morgan fingerprint density at radius 2 is 2.13 bits per heavy atom. The van der Waals surface area contributed by atoms with Crippen LogP contribution in [0.1, 0.15) is 6.42 Å². The summed E-state index contributed by atoms with van der Waals surface area (Å²) < 4.78 is 10.5. The zero-order valence-electron chi connectivity index (χ0n) is 8.82. The van der Waals surface area contributed by atoms with Crippen molar-refractivity contribution < 1.29 is 9.47 Å². The molecular formula is C12H15NO2. The molecule has 2 aromatic rings. The molecule has 1 aromatic carbocycles. The number of benzene rings is 1. The number of hydrogen-bond acceptors (Lipinski definition) is 2. The lowest BCUT2D eigenvalue weighted by molar-refractivity contribution is 0.172. The summed E-state index contributed by atoms with van der Waals surface area (Å²) >= 11 is 0. The van der Waals surface area contributed by atoms with E-state index in [1.165, 1.54) is 5.39 Å². The van der Waals surface area contributed by atoms with Gasteiger partial charge in [-0.05, 0) is 23.6 Å². The average Bonchev–Trinajstić information content (AvgIpc) is 2.71. The quantitative estimate of drug-likeness (QED) is 0.761. The summed E-state index contributed by atoms with van der Waals surface area (Å²) in [5.74, 6) is 0.904. The molecule has 0 fully saturated rings. The minimum Gasteiger partial charge on any atom is -0.493 e. The third-order valence-corrected chi connectivity index (χ3v) is 2.29. The molecule has 0 atom stereocenters. The molecule has 1 aromatic heterocycles. The highest BCUT2D eigenvalue weighted by atomic mass is 16.5. The highest BCUT2D eigenvalue weighted by Crippen LogP contribution is 2.19. The summed E-state index contributed by atoms with van der Waals surface area (Å²) in [5, 5.41) is 1.21. The smallest absolute Gasteiger partial charge is 0.121 e. The maximum Gasteiger partial charge on any atom is 0.121 e. The molecule has 0 spiro atoms. The molecule has 0 saturated carbocycles. The zero-order valence-corrected chi connectivity index (χ0v) is 8.82. The van der Waals surface area contributed by atoms with Crippen molar-refractivity contribution in [3.63, 3.8) is 0 Å². The van der Waals surface area contributed by atoms with Crippen molar-refractivity contribution in [2.24, 2.45) is 0 Å². The molecule has 3 nitrogen and oxygen atoms in total. The second kappa shape index (κ2) is 4.84. The van der Waals surface area contributed by atoms with Gasteiger partial charge in [-0.15, -0.1) is 0 Å². The van der Waals surface area contributed by atoms with Gasteiger partial charge in [0.25, 0.3) is 0 Å². The number of nitrogens with one attached hydrogen (secondary N) is 1. The van der Waals surface area contributed by atoms with Crippen LogP contribution in [-0.4, -0.2) is 25.3 Å². The van der Waals surface area contributed by atoms with E-state index < -0.39 is 0 Å². The summed E-state index contributed by atoms with van der Waals surface area (Å²) in [6, 6.07) is 8.10. The standard InChI is InChI=1S/C12H15NO2/c1-14-7-2-8-15-11-4-3-10-5-6-13-12(10)9-11/h3-6,9,13H,2,7-8H2,1H3. The van der Waals surface area contributed by atoms with E-state index in [4.69, 9.17) is 9.47 Å². The molecule has 3 heteroatoms. The predicted molar refractivity (Wildman–Crippen MR) is 60.3 cm³/mol. The van der Waals surface area contributed by atoms with Gasteiger partial charge in [-0.3, -0.25) is 0 Å². The maximum atomic E-state index is 5.59. The number of fused-ring (bicyclic) bond motifs is 1. The number of H-pyrrole nitrogens is 1. The predicted octanol–water partition coefficient (Wildman–Crippen LogP) is 2.58. The number of methoxy groups -OCH3 is 1. The van der Waals surface area contributed by atoms with Gasteiger partial charge in [0.1, 0.15) is 5.75 Å². The number of ether oxygens (including phenoxy) is 2. The molecule has 0 radical (unpaired) electrons. The van der Waals surface area contributed by atoms with Crippen LogP contribution in [-0.2, 0) is 4.74 Å². The second-order valence-electron chi connectivity index (χ2n) is 3.42. The van der Waals surface area contributed by atoms with Crippen LogP contribution in [0.5, 0.6) is 5.75 Å². The third-order valence-electron chi connectivity index (χ3n) is 2.29. The van der Waals surface area contributed by atoms with Gasteiger partial charge in [-0.2, -0.15) is 0 Å². The molecule has 0 aliphatic carbocycles.